The highest BCUT2D eigenvalue weighted by molar-refractivity contribution is 7.13. The van der Waals surface area contributed by atoms with E-state index in [1.165, 1.54) is 11.3 Å². The van der Waals surface area contributed by atoms with E-state index in [1.807, 2.05) is 0 Å². The Morgan fingerprint density at radius 2 is 2.11 bits per heavy atom. The number of thiophene rings is 1. The summed E-state index contributed by atoms with van der Waals surface area (Å²) >= 11 is 1.25. The average Bonchev–Trinajstić information content (AvgIpc) is 2.81. The molecule has 0 bridgehead atoms. The number of nitrogens with one attached hydrogen (secondary N) is 2. The number of hydrogen-bond acceptors (Lipinski definition) is 4. The van der Waals surface area contributed by atoms with Crippen LogP contribution in [0.25, 0.3) is 0 Å². The minimum Gasteiger partial charge on any atom is -0.477 e. The Balaban J connectivity index is 2.16. The van der Waals surface area contributed by atoms with Gasteiger partial charge in [-0.3, -0.25) is 4.79 Å². The first-order chi connectivity index (χ1) is 8.99. The number of aromatic carboxylic acids is 1. The number of hydrogen-bond donors (Lipinski definition) is 3. The van der Waals surface area contributed by atoms with Crippen molar-refractivity contribution in [1.82, 2.24) is 10.6 Å². The highest BCUT2D eigenvalue weighted by Crippen LogP contribution is 2.15. The van der Waals surface area contributed by atoms with Crippen LogP contribution in [0.3, 0.4) is 0 Å². The molecule has 6 heteroatoms. The van der Waals surface area contributed by atoms with Crippen molar-refractivity contribution >= 4 is 23.2 Å². The first-order valence-electron chi connectivity index (χ1n) is 6.28. The highest BCUT2D eigenvalue weighted by Gasteiger charge is 2.06. The van der Waals surface area contributed by atoms with Crippen LogP contribution in [0.2, 0.25) is 0 Å². The third-order valence-electron chi connectivity index (χ3n) is 2.41. The lowest BCUT2D eigenvalue weighted by Crippen LogP contribution is -2.30. The fourth-order valence-corrected chi connectivity index (χ4v) is 2.22. The number of rotatable bonds is 8. The quantitative estimate of drug-likeness (QED) is 0.635. The minimum absolute atomic E-state index is 0.0404. The van der Waals surface area contributed by atoms with Gasteiger partial charge in [0, 0.05) is 30.9 Å². The average molecular weight is 284 g/mol. The van der Waals surface area contributed by atoms with Crippen LogP contribution < -0.4 is 10.6 Å². The van der Waals surface area contributed by atoms with Gasteiger partial charge in [0.2, 0.25) is 5.91 Å². The molecule has 1 amide bonds. The van der Waals surface area contributed by atoms with Gasteiger partial charge in [-0.05, 0) is 18.1 Å². The fourth-order valence-electron chi connectivity index (χ4n) is 1.41. The van der Waals surface area contributed by atoms with Gasteiger partial charge >= 0.3 is 5.97 Å². The summed E-state index contributed by atoms with van der Waals surface area (Å²) in [6.07, 6.45) is 0.434. The molecule has 0 fully saturated rings. The van der Waals surface area contributed by atoms with Crippen LogP contribution in [0, 0.1) is 5.92 Å². The van der Waals surface area contributed by atoms with Gasteiger partial charge in [0.1, 0.15) is 4.88 Å². The maximum Gasteiger partial charge on any atom is 0.345 e. The van der Waals surface area contributed by atoms with Crippen molar-refractivity contribution in [2.45, 2.75) is 26.8 Å². The lowest BCUT2D eigenvalue weighted by Gasteiger charge is -2.07. The van der Waals surface area contributed by atoms with Crippen LogP contribution in [0.15, 0.2) is 12.1 Å². The molecule has 0 saturated heterocycles. The molecule has 3 N–H and O–H groups in total. The maximum atomic E-state index is 11.4. The van der Waals surface area contributed by atoms with Gasteiger partial charge in [0.15, 0.2) is 0 Å². The molecule has 0 unspecified atom stereocenters. The van der Waals surface area contributed by atoms with E-state index in [0.717, 1.165) is 4.88 Å². The zero-order valence-corrected chi connectivity index (χ0v) is 12.0. The maximum absolute atomic E-state index is 11.4. The summed E-state index contributed by atoms with van der Waals surface area (Å²) in [5.41, 5.74) is 0. The number of carboxylic acids is 1. The van der Waals surface area contributed by atoms with Gasteiger partial charge in [0.25, 0.3) is 0 Å². The smallest absolute Gasteiger partial charge is 0.345 e. The fraction of sp³-hybridized carbons (Fsp3) is 0.538. The van der Waals surface area contributed by atoms with Gasteiger partial charge in [-0.1, -0.05) is 13.8 Å². The number of carbonyl (C=O) groups is 2. The number of amides is 1. The van der Waals surface area contributed by atoms with Crippen LogP contribution in [-0.4, -0.2) is 30.1 Å². The van der Waals surface area contributed by atoms with Gasteiger partial charge in [-0.25, -0.2) is 4.79 Å². The predicted octanol–water partition coefficient (Wildman–Crippen LogP) is 1.70. The summed E-state index contributed by atoms with van der Waals surface area (Å²) in [5.74, 6) is -0.402. The van der Waals surface area contributed by atoms with Gasteiger partial charge < -0.3 is 15.7 Å². The Kier molecular flexibility index (Phi) is 6.52. The molecule has 106 valence electrons. The van der Waals surface area contributed by atoms with E-state index in [-0.39, 0.29) is 5.91 Å². The summed E-state index contributed by atoms with van der Waals surface area (Å²) in [6, 6.07) is 3.39. The first-order valence-corrected chi connectivity index (χ1v) is 7.10. The predicted molar refractivity (Wildman–Crippen MR) is 75.4 cm³/mol. The van der Waals surface area contributed by atoms with E-state index in [4.69, 9.17) is 5.11 Å². The third-order valence-corrected chi connectivity index (χ3v) is 3.48. The molecule has 0 aliphatic rings. The van der Waals surface area contributed by atoms with Gasteiger partial charge in [-0.2, -0.15) is 0 Å². The topological polar surface area (TPSA) is 78.4 Å². The molecule has 1 aromatic heterocycles. The minimum atomic E-state index is -0.899. The highest BCUT2D eigenvalue weighted by atomic mass is 32.1. The molecule has 0 saturated carbocycles. The van der Waals surface area contributed by atoms with Gasteiger partial charge in [-0.15, -0.1) is 11.3 Å². The standard InChI is InChI=1S/C13H20N2O3S/c1-9(2)7-15-12(16)5-6-14-8-10-3-4-11(19-10)13(17)18/h3-4,9,14H,5-8H2,1-2H3,(H,15,16)(H,17,18). The molecule has 0 radical (unpaired) electrons. The second-order valence-corrected chi connectivity index (χ2v) is 5.86. The molecular formula is C13H20N2O3S. The van der Waals surface area contributed by atoms with Crippen molar-refractivity contribution in [3.8, 4) is 0 Å². The Labute approximate surface area is 117 Å². The Hall–Kier alpha value is -1.40. The Bertz CT molecular complexity index is 429. The van der Waals surface area contributed by atoms with E-state index in [0.29, 0.717) is 36.9 Å². The number of carboxylic acid groups (broad SMARTS) is 1. The van der Waals surface area contributed by atoms with E-state index >= 15 is 0 Å². The van der Waals surface area contributed by atoms with Crippen molar-refractivity contribution in [3.63, 3.8) is 0 Å². The molecule has 0 spiro atoms. The molecule has 0 aliphatic carbocycles. The molecule has 0 aromatic carbocycles. The number of carbonyl (C=O) groups excluding carboxylic acids is 1. The molecule has 1 heterocycles. The van der Waals surface area contributed by atoms with Gasteiger partial charge in [0.05, 0.1) is 0 Å². The molecular weight excluding hydrogens is 264 g/mol. The van der Waals surface area contributed by atoms with E-state index < -0.39 is 5.97 Å². The van der Waals surface area contributed by atoms with Crippen molar-refractivity contribution in [2.24, 2.45) is 5.92 Å². The second-order valence-electron chi connectivity index (χ2n) is 4.70. The molecule has 1 aromatic rings. The van der Waals surface area contributed by atoms with E-state index in [1.54, 1.807) is 12.1 Å². The summed E-state index contributed by atoms with van der Waals surface area (Å²) in [7, 11) is 0. The molecule has 5 nitrogen and oxygen atoms in total. The van der Waals surface area contributed by atoms with Crippen molar-refractivity contribution in [2.75, 3.05) is 13.1 Å². The molecule has 19 heavy (non-hydrogen) atoms. The van der Waals surface area contributed by atoms with Crippen molar-refractivity contribution in [1.29, 1.82) is 0 Å². The first kappa shape index (κ1) is 15.7. The monoisotopic (exact) mass is 284 g/mol. The van der Waals surface area contributed by atoms with Crippen molar-refractivity contribution < 1.29 is 14.7 Å². The van der Waals surface area contributed by atoms with E-state index in [9.17, 15) is 9.59 Å². The third kappa shape index (κ3) is 6.35. The Morgan fingerprint density at radius 1 is 1.37 bits per heavy atom. The van der Waals surface area contributed by atoms with Crippen LogP contribution in [-0.2, 0) is 11.3 Å². The summed E-state index contributed by atoms with van der Waals surface area (Å²) in [4.78, 5) is 23.4. The van der Waals surface area contributed by atoms with Crippen LogP contribution in [0.4, 0.5) is 0 Å². The molecule has 1 rings (SSSR count). The van der Waals surface area contributed by atoms with E-state index in [2.05, 4.69) is 24.5 Å². The largest absolute Gasteiger partial charge is 0.477 e. The van der Waals surface area contributed by atoms with Crippen molar-refractivity contribution in [3.05, 3.63) is 21.9 Å². The zero-order chi connectivity index (χ0) is 14.3. The second kappa shape index (κ2) is 7.91. The summed E-state index contributed by atoms with van der Waals surface area (Å²) < 4.78 is 0. The zero-order valence-electron chi connectivity index (χ0n) is 11.2. The molecule has 0 aliphatic heterocycles. The molecule has 0 atom stereocenters. The Morgan fingerprint density at radius 3 is 2.68 bits per heavy atom. The lowest BCUT2D eigenvalue weighted by molar-refractivity contribution is -0.121. The van der Waals surface area contributed by atoms with Crippen LogP contribution in [0.1, 0.15) is 34.8 Å². The van der Waals surface area contributed by atoms with Crippen LogP contribution >= 0.6 is 11.3 Å². The normalized spacial score (nSPS) is 10.7. The van der Waals surface area contributed by atoms with Crippen LogP contribution in [0.5, 0.6) is 0 Å². The SMILES string of the molecule is CC(C)CNC(=O)CCNCc1ccc(C(=O)O)s1. The summed E-state index contributed by atoms with van der Waals surface area (Å²) in [5, 5.41) is 14.8. The summed E-state index contributed by atoms with van der Waals surface area (Å²) in [6.45, 7) is 5.98. The lowest BCUT2D eigenvalue weighted by atomic mass is 10.2.